The summed E-state index contributed by atoms with van der Waals surface area (Å²) in [5.41, 5.74) is 2.58. The van der Waals surface area contributed by atoms with Crippen molar-refractivity contribution >= 4 is 17.2 Å². The summed E-state index contributed by atoms with van der Waals surface area (Å²) in [6.45, 7) is 0.921. The van der Waals surface area contributed by atoms with Crippen LogP contribution in [0.3, 0.4) is 0 Å². The molecule has 0 saturated carbocycles. The van der Waals surface area contributed by atoms with E-state index in [0.29, 0.717) is 0 Å². The van der Waals surface area contributed by atoms with E-state index in [4.69, 9.17) is 17.0 Å². The average Bonchev–Trinajstić information content (AvgIpc) is 2.53. The van der Waals surface area contributed by atoms with E-state index >= 15 is 0 Å². The molecule has 0 aliphatic rings. The summed E-state index contributed by atoms with van der Waals surface area (Å²) in [4.78, 5) is 0.897. The Morgan fingerprint density at radius 1 is 1.00 bits per heavy atom. The van der Waals surface area contributed by atoms with Gasteiger partial charge in [0.05, 0.1) is 12.1 Å². The molecule has 0 amide bonds. The number of hydrogen-bond donors (Lipinski definition) is 1. The van der Waals surface area contributed by atoms with Crippen LogP contribution in [0.15, 0.2) is 54.6 Å². The first kappa shape index (κ1) is 15.5. The van der Waals surface area contributed by atoms with Crippen molar-refractivity contribution in [3.63, 3.8) is 0 Å². The highest BCUT2D eigenvalue weighted by molar-refractivity contribution is 7.80. The number of aryl methyl sites for hydroxylation is 1. The molecule has 0 heterocycles. The van der Waals surface area contributed by atoms with Crippen LogP contribution in [0.1, 0.15) is 17.5 Å². The smallest absolute Gasteiger partial charge is 0.118 e. The fourth-order valence-electron chi connectivity index (χ4n) is 2.16. The molecular weight excluding hydrogens is 278 g/mol. The molecule has 3 heteroatoms. The SMILES string of the molecule is COc1ccc(CC(=S)NCCCc2ccccc2)cc1. The Morgan fingerprint density at radius 3 is 2.38 bits per heavy atom. The van der Waals surface area contributed by atoms with Crippen LogP contribution in [0.2, 0.25) is 0 Å². The first-order chi connectivity index (χ1) is 10.3. The van der Waals surface area contributed by atoms with Crippen LogP contribution in [-0.4, -0.2) is 18.6 Å². The molecule has 0 bridgehead atoms. The van der Waals surface area contributed by atoms with E-state index in [1.165, 1.54) is 11.1 Å². The van der Waals surface area contributed by atoms with E-state index < -0.39 is 0 Å². The van der Waals surface area contributed by atoms with E-state index in [-0.39, 0.29) is 0 Å². The number of nitrogens with one attached hydrogen (secondary N) is 1. The zero-order chi connectivity index (χ0) is 14.9. The number of hydrogen-bond acceptors (Lipinski definition) is 2. The molecule has 2 rings (SSSR count). The lowest BCUT2D eigenvalue weighted by molar-refractivity contribution is 0.414. The van der Waals surface area contributed by atoms with Gasteiger partial charge in [-0.05, 0) is 36.1 Å². The summed E-state index contributed by atoms with van der Waals surface area (Å²) in [7, 11) is 1.67. The standard InChI is InChI=1S/C18H21NOS/c1-20-17-11-9-16(10-12-17)14-18(21)19-13-5-8-15-6-3-2-4-7-15/h2-4,6-7,9-12H,5,8,13-14H2,1H3,(H,19,21). The summed E-state index contributed by atoms with van der Waals surface area (Å²) < 4.78 is 5.15. The zero-order valence-corrected chi connectivity index (χ0v) is 13.2. The number of methoxy groups -OCH3 is 1. The second-order valence-electron chi connectivity index (χ2n) is 4.96. The van der Waals surface area contributed by atoms with Crippen molar-refractivity contribution < 1.29 is 4.74 Å². The molecule has 21 heavy (non-hydrogen) atoms. The van der Waals surface area contributed by atoms with Gasteiger partial charge in [0.15, 0.2) is 0 Å². The maximum atomic E-state index is 5.38. The molecule has 2 aromatic rings. The Kier molecular flexibility index (Phi) is 6.22. The van der Waals surface area contributed by atoms with Crippen LogP contribution >= 0.6 is 12.2 Å². The normalized spacial score (nSPS) is 10.1. The fraction of sp³-hybridized carbons (Fsp3) is 0.278. The molecule has 0 saturated heterocycles. The summed E-state index contributed by atoms with van der Waals surface area (Å²) in [6, 6.07) is 18.6. The summed E-state index contributed by atoms with van der Waals surface area (Å²) in [6.07, 6.45) is 2.95. The number of thiocarbonyl (C=S) groups is 1. The van der Waals surface area contributed by atoms with Gasteiger partial charge in [-0.25, -0.2) is 0 Å². The molecule has 0 aliphatic heterocycles. The monoisotopic (exact) mass is 299 g/mol. The van der Waals surface area contributed by atoms with E-state index in [2.05, 4.69) is 41.7 Å². The lowest BCUT2D eigenvalue weighted by atomic mass is 10.1. The lowest BCUT2D eigenvalue weighted by Crippen LogP contribution is -2.24. The van der Waals surface area contributed by atoms with Gasteiger partial charge in [-0.15, -0.1) is 0 Å². The molecule has 110 valence electrons. The highest BCUT2D eigenvalue weighted by Crippen LogP contribution is 2.11. The fourth-order valence-corrected chi connectivity index (χ4v) is 2.43. The van der Waals surface area contributed by atoms with E-state index in [1.54, 1.807) is 7.11 Å². The van der Waals surface area contributed by atoms with Crippen LogP contribution in [0.4, 0.5) is 0 Å². The molecule has 0 atom stereocenters. The molecule has 0 radical (unpaired) electrons. The predicted molar refractivity (Wildman–Crippen MR) is 92.1 cm³/mol. The maximum absolute atomic E-state index is 5.38. The van der Waals surface area contributed by atoms with Crippen molar-refractivity contribution in [2.75, 3.05) is 13.7 Å². The minimum absolute atomic E-state index is 0.782. The Labute approximate surface area is 132 Å². The Balaban J connectivity index is 1.67. The minimum atomic E-state index is 0.782. The van der Waals surface area contributed by atoms with Crippen molar-refractivity contribution in [1.29, 1.82) is 0 Å². The molecule has 2 aromatic carbocycles. The van der Waals surface area contributed by atoms with E-state index in [0.717, 1.165) is 36.5 Å². The third-order valence-electron chi connectivity index (χ3n) is 3.33. The first-order valence-electron chi connectivity index (χ1n) is 7.21. The van der Waals surface area contributed by atoms with Gasteiger partial charge in [0.2, 0.25) is 0 Å². The summed E-state index contributed by atoms with van der Waals surface area (Å²) in [5, 5.41) is 3.33. The van der Waals surface area contributed by atoms with Crippen LogP contribution in [0, 0.1) is 0 Å². The second-order valence-corrected chi connectivity index (χ2v) is 5.46. The van der Waals surface area contributed by atoms with Crippen molar-refractivity contribution in [1.82, 2.24) is 5.32 Å². The molecule has 0 spiro atoms. The van der Waals surface area contributed by atoms with Crippen molar-refractivity contribution in [3.05, 3.63) is 65.7 Å². The molecule has 2 nitrogen and oxygen atoms in total. The van der Waals surface area contributed by atoms with E-state index in [9.17, 15) is 0 Å². The van der Waals surface area contributed by atoms with Gasteiger partial charge in [-0.1, -0.05) is 54.7 Å². The van der Waals surface area contributed by atoms with Crippen LogP contribution in [-0.2, 0) is 12.8 Å². The quantitative estimate of drug-likeness (QED) is 0.621. The van der Waals surface area contributed by atoms with Crippen LogP contribution < -0.4 is 10.1 Å². The van der Waals surface area contributed by atoms with Gasteiger partial charge in [0.25, 0.3) is 0 Å². The average molecular weight is 299 g/mol. The van der Waals surface area contributed by atoms with Crippen molar-refractivity contribution in [2.24, 2.45) is 0 Å². The third-order valence-corrected chi connectivity index (χ3v) is 3.62. The summed E-state index contributed by atoms with van der Waals surface area (Å²) >= 11 is 5.38. The summed E-state index contributed by atoms with van der Waals surface area (Å²) in [5.74, 6) is 0.875. The number of benzene rings is 2. The van der Waals surface area contributed by atoms with Gasteiger partial charge >= 0.3 is 0 Å². The Hall–Kier alpha value is -1.87. The minimum Gasteiger partial charge on any atom is -0.497 e. The molecular formula is C18H21NOS. The molecule has 0 unspecified atom stereocenters. The van der Waals surface area contributed by atoms with Gasteiger partial charge in [-0.2, -0.15) is 0 Å². The third kappa shape index (κ3) is 5.56. The Morgan fingerprint density at radius 2 is 1.71 bits per heavy atom. The van der Waals surface area contributed by atoms with E-state index in [1.807, 2.05) is 18.2 Å². The highest BCUT2D eigenvalue weighted by Gasteiger charge is 2.00. The number of ether oxygens (including phenoxy) is 1. The zero-order valence-electron chi connectivity index (χ0n) is 12.3. The van der Waals surface area contributed by atoms with Crippen LogP contribution in [0.5, 0.6) is 5.75 Å². The molecule has 0 aromatic heterocycles. The maximum Gasteiger partial charge on any atom is 0.118 e. The van der Waals surface area contributed by atoms with Crippen LogP contribution in [0.25, 0.3) is 0 Å². The van der Waals surface area contributed by atoms with Gasteiger partial charge in [0, 0.05) is 13.0 Å². The second kappa shape index (κ2) is 8.42. The molecule has 0 aliphatic carbocycles. The first-order valence-corrected chi connectivity index (χ1v) is 7.62. The highest BCUT2D eigenvalue weighted by atomic mass is 32.1. The van der Waals surface area contributed by atoms with Gasteiger partial charge in [0.1, 0.15) is 5.75 Å². The van der Waals surface area contributed by atoms with Crippen molar-refractivity contribution in [2.45, 2.75) is 19.3 Å². The number of rotatable bonds is 7. The van der Waals surface area contributed by atoms with Crippen molar-refractivity contribution in [3.8, 4) is 5.75 Å². The van der Waals surface area contributed by atoms with Gasteiger partial charge < -0.3 is 10.1 Å². The molecule has 0 fully saturated rings. The predicted octanol–water partition coefficient (Wildman–Crippen LogP) is 3.79. The lowest BCUT2D eigenvalue weighted by Gasteiger charge is -2.08. The van der Waals surface area contributed by atoms with Gasteiger partial charge in [-0.3, -0.25) is 0 Å². The Bertz CT molecular complexity index is 551. The largest absolute Gasteiger partial charge is 0.497 e. The topological polar surface area (TPSA) is 21.3 Å². The molecule has 1 N–H and O–H groups in total.